The molecule has 10 heteroatoms. The van der Waals surface area contributed by atoms with Crippen LogP contribution in [0.25, 0.3) is 0 Å². The Bertz CT molecular complexity index is 621. The van der Waals surface area contributed by atoms with Crippen molar-refractivity contribution in [3.63, 3.8) is 0 Å². The van der Waals surface area contributed by atoms with Crippen LogP contribution < -0.4 is 10.6 Å². The molecule has 0 aliphatic carbocycles. The fourth-order valence-corrected chi connectivity index (χ4v) is 2.42. The number of carbonyl (C=O) groups is 2. The van der Waals surface area contributed by atoms with Crippen molar-refractivity contribution in [3.8, 4) is 0 Å². The highest BCUT2D eigenvalue weighted by Crippen LogP contribution is 2.20. The zero-order valence-electron chi connectivity index (χ0n) is 14.0. The minimum absolute atomic E-state index is 0.250. The Morgan fingerprint density at radius 1 is 1.12 bits per heavy atom. The van der Waals surface area contributed by atoms with Gasteiger partial charge >= 0.3 is 12.0 Å². The van der Waals surface area contributed by atoms with Gasteiger partial charge in [-0.2, -0.15) is 0 Å². The van der Waals surface area contributed by atoms with Crippen molar-refractivity contribution in [2.24, 2.45) is 0 Å². The smallest absolute Gasteiger partial charge is 0.338 e. The van der Waals surface area contributed by atoms with E-state index in [0.717, 1.165) is 0 Å². The maximum atomic E-state index is 12.0. The lowest BCUT2D eigenvalue weighted by molar-refractivity contribution is -0.233. The van der Waals surface area contributed by atoms with Crippen molar-refractivity contribution in [1.29, 1.82) is 0 Å². The predicted molar refractivity (Wildman–Crippen MR) is 88.3 cm³/mol. The highest BCUT2D eigenvalue weighted by molar-refractivity contribution is 5.92. The van der Waals surface area contributed by atoms with E-state index in [1.54, 1.807) is 6.92 Å². The van der Waals surface area contributed by atoms with Gasteiger partial charge in [0.1, 0.15) is 24.4 Å². The topological polar surface area (TPSA) is 158 Å². The molecule has 144 valence electrons. The molecule has 1 saturated heterocycles. The van der Waals surface area contributed by atoms with Gasteiger partial charge in [0.2, 0.25) is 0 Å². The quantitative estimate of drug-likeness (QED) is 0.352. The third-order valence-corrected chi connectivity index (χ3v) is 3.82. The second-order valence-electron chi connectivity index (χ2n) is 5.65. The number of hydrogen-bond donors (Lipinski definition) is 6. The van der Waals surface area contributed by atoms with E-state index in [4.69, 9.17) is 14.6 Å². The number of rotatable bonds is 5. The highest BCUT2D eigenvalue weighted by atomic mass is 16.6. The summed E-state index contributed by atoms with van der Waals surface area (Å²) in [6, 6.07) is 5.17. The Morgan fingerprint density at radius 3 is 2.35 bits per heavy atom. The van der Waals surface area contributed by atoms with Gasteiger partial charge in [0, 0.05) is 5.69 Å². The number of aliphatic hydroxyl groups excluding tert-OH is 4. The van der Waals surface area contributed by atoms with Gasteiger partial charge in [-0.25, -0.2) is 9.59 Å². The SMILES string of the molecule is CCOC(=O)c1ccc(NC(=O)N[C@@H]2O[C@H](CO)[C@H](O)[C@@H](O)[C@H]2O)cc1. The fraction of sp³-hybridized carbons (Fsp3) is 0.500. The second kappa shape index (κ2) is 8.92. The Kier molecular flexibility index (Phi) is 6.89. The summed E-state index contributed by atoms with van der Waals surface area (Å²) < 4.78 is 10.0. The molecule has 2 rings (SSSR count). The molecule has 0 aromatic heterocycles. The van der Waals surface area contributed by atoms with E-state index in [2.05, 4.69) is 10.6 Å². The summed E-state index contributed by atoms with van der Waals surface area (Å²) in [6.45, 7) is 1.34. The first-order valence-electron chi connectivity index (χ1n) is 8.02. The first kappa shape index (κ1) is 20.1. The molecule has 26 heavy (non-hydrogen) atoms. The van der Waals surface area contributed by atoms with Crippen molar-refractivity contribution >= 4 is 17.7 Å². The molecule has 1 aromatic rings. The average Bonchev–Trinajstić information content (AvgIpc) is 2.63. The average molecular weight is 370 g/mol. The minimum Gasteiger partial charge on any atom is -0.462 e. The minimum atomic E-state index is -1.59. The largest absolute Gasteiger partial charge is 0.462 e. The Morgan fingerprint density at radius 2 is 1.77 bits per heavy atom. The van der Waals surface area contributed by atoms with E-state index >= 15 is 0 Å². The molecule has 1 aromatic carbocycles. The number of hydrogen-bond acceptors (Lipinski definition) is 8. The van der Waals surface area contributed by atoms with Crippen LogP contribution in [-0.2, 0) is 9.47 Å². The molecule has 1 fully saturated rings. The number of urea groups is 1. The number of esters is 1. The van der Waals surface area contributed by atoms with Crippen LogP contribution in [0.15, 0.2) is 24.3 Å². The molecular formula is C16H22N2O8. The lowest BCUT2D eigenvalue weighted by Crippen LogP contribution is -2.63. The zero-order valence-corrected chi connectivity index (χ0v) is 14.0. The van der Waals surface area contributed by atoms with Gasteiger partial charge in [-0.15, -0.1) is 0 Å². The lowest BCUT2D eigenvalue weighted by Gasteiger charge is -2.40. The van der Waals surface area contributed by atoms with Crippen LogP contribution in [0.1, 0.15) is 17.3 Å². The summed E-state index contributed by atoms with van der Waals surface area (Å²) in [4.78, 5) is 23.6. The molecule has 10 nitrogen and oxygen atoms in total. The van der Waals surface area contributed by atoms with E-state index in [1.807, 2.05) is 0 Å². The molecule has 0 unspecified atom stereocenters. The number of anilines is 1. The fourth-order valence-electron chi connectivity index (χ4n) is 2.42. The Labute approximate surface area is 149 Å². The van der Waals surface area contributed by atoms with Gasteiger partial charge < -0.3 is 40.5 Å². The van der Waals surface area contributed by atoms with E-state index in [-0.39, 0.29) is 6.61 Å². The lowest BCUT2D eigenvalue weighted by atomic mass is 9.98. The van der Waals surface area contributed by atoms with E-state index in [9.17, 15) is 24.9 Å². The molecule has 1 aliphatic rings. The number of amides is 2. The molecule has 6 N–H and O–H groups in total. The summed E-state index contributed by atoms with van der Waals surface area (Å²) in [7, 11) is 0. The highest BCUT2D eigenvalue weighted by Gasteiger charge is 2.43. The summed E-state index contributed by atoms with van der Waals surface area (Å²) in [6.07, 6.45) is -7.13. The number of carbonyl (C=O) groups excluding carboxylic acids is 2. The third-order valence-electron chi connectivity index (χ3n) is 3.82. The standard InChI is InChI=1S/C16H22N2O8/c1-2-25-15(23)8-3-5-9(6-4-8)17-16(24)18-14-13(22)12(21)11(20)10(7-19)26-14/h3-6,10-14,19-22H,2,7H2,1H3,(H2,17,18,24)/t10-,11+,12-,13-,14-/m1/s1. The van der Waals surface area contributed by atoms with Crippen molar-refractivity contribution < 1.29 is 39.5 Å². The summed E-state index contributed by atoms with van der Waals surface area (Å²) in [5, 5.41) is 43.1. The maximum Gasteiger partial charge on any atom is 0.338 e. The van der Waals surface area contributed by atoms with Gasteiger partial charge in [-0.05, 0) is 31.2 Å². The van der Waals surface area contributed by atoms with Crippen LogP contribution in [0.2, 0.25) is 0 Å². The molecule has 1 aliphatic heterocycles. The van der Waals surface area contributed by atoms with Crippen LogP contribution in [0, 0.1) is 0 Å². The summed E-state index contributed by atoms with van der Waals surface area (Å²) >= 11 is 0. The van der Waals surface area contributed by atoms with Crippen LogP contribution in [-0.4, -0.2) is 76.3 Å². The van der Waals surface area contributed by atoms with Gasteiger partial charge in [0.25, 0.3) is 0 Å². The number of benzene rings is 1. The molecule has 5 atom stereocenters. The number of aliphatic hydroxyl groups is 4. The third kappa shape index (κ3) is 4.68. The van der Waals surface area contributed by atoms with Crippen LogP contribution in [0.3, 0.4) is 0 Å². The molecular weight excluding hydrogens is 348 g/mol. The number of ether oxygens (including phenoxy) is 2. The zero-order chi connectivity index (χ0) is 19.3. The Hall–Kier alpha value is -2.24. The monoisotopic (exact) mass is 370 g/mol. The van der Waals surface area contributed by atoms with Gasteiger partial charge in [0.15, 0.2) is 6.23 Å². The maximum absolute atomic E-state index is 12.0. The first-order chi connectivity index (χ1) is 12.4. The molecule has 0 saturated carbocycles. The Balaban J connectivity index is 1.94. The molecule has 2 amide bonds. The van der Waals surface area contributed by atoms with Gasteiger partial charge in [0.05, 0.1) is 18.8 Å². The van der Waals surface area contributed by atoms with Crippen LogP contribution >= 0.6 is 0 Å². The van der Waals surface area contributed by atoms with Gasteiger partial charge in [-0.1, -0.05) is 0 Å². The van der Waals surface area contributed by atoms with E-state index < -0.39 is 49.3 Å². The first-order valence-corrected chi connectivity index (χ1v) is 8.02. The molecule has 0 bridgehead atoms. The van der Waals surface area contributed by atoms with Crippen LogP contribution in [0.5, 0.6) is 0 Å². The van der Waals surface area contributed by atoms with Crippen molar-refractivity contribution in [2.75, 3.05) is 18.5 Å². The molecule has 0 radical (unpaired) electrons. The van der Waals surface area contributed by atoms with Crippen molar-refractivity contribution in [1.82, 2.24) is 5.32 Å². The van der Waals surface area contributed by atoms with Crippen molar-refractivity contribution in [2.45, 2.75) is 37.6 Å². The van der Waals surface area contributed by atoms with E-state index in [0.29, 0.717) is 11.3 Å². The molecule has 0 spiro atoms. The predicted octanol–water partition coefficient (Wildman–Crippen LogP) is -1.22. The summed E-state index contributed by atoms with van der Waals surface area (Å²) in [5.74, 6) is -0.482. The van der Waals surface area contributed by atoms with Gasteiger partial charge in [-0.3, -0.25) is 0 Å². The molecule has 1 heterocycles. The van der Waals surface area contributed by atoms with Crippen LogP contribution in [0.4, 0.5) is 10.5 Å². The van der Waals surface area contributed by atoms with Crippen molar-refractivity contribution in [3.05, 3.63) is 29.8 Å². The normalized spacial score (nSPS) is 28.3. The number of nitrogens with one attached hydrogen (secondary N) is 2. The summed E-state index contributed by atoms with van der Waals surface area (Å²) in [5.41, 5.74) is 0.687. The second-order valence-corrected chi connectivity index (χ2v) is 5.65. The van der Waals surface area contributed by atoms with E-state index in [1.165, 1.54) is 24.3 Å².